The van der Waals surface area contributed by atoms with Crippen LogP contribution in [0.4, 0.5) is 0 Å². The molecule has 2 N–H and O–H groups in total. The Morgan fingerprint density at radius 3 is 2.62 bits per heavy atom. The standard InChI is InChI=1S/C18H21ClN2O2S/c1-3-10-20-18(23)12(2)21-16(22)11-24-15-9-5-7-13-6-4-8-14(19)17(13)15/h4-9,12H,3,10-11H2,1-2H3,(H,20,23)(H,21,22)/t12-/m0/s1. The quantitative estimate of drug-likeness (QED) is 0.738. The lowest BCUT2D eigenvalue weighted by Gasteiger charge is -2.14. The second kappa shape index (κ2) is 8.94. The van der Waals surface area contributed by atoms with Crippen LogP contribution in [0, 0.1) is 0 Å². The lowest BCUT2D eigenvalue weighted by atomic mass is 10.1. The highest BCUT2D eigenvalue weighted by molar-refractivity contribution is 8.00. The molecule has 2 rings (SSSR count). The Kier molecular flexibility index (Phi) is 6.94. The summed E-state index contributed by atoms with van der Waals surface area (Å²) in [5, 5.41) is 8.15. The van der Waals surface area contributed by atoms with Crippen molar-refractivity contribution in [2.24, 2.45) is 0 Å². The molecular formula is C18H21ClN2O2S. The molecule has 0 radical (unpaired) electrons. The van der Waals surface area contributed by atoms with E-state index in [0.29, 0.717) is 11.6 Å². The van der Waals surface area contributed by atoms with E-state index in [1.807, 2.05) is 43.3 Å². The minimum absolute atomic E-state index is 0.164. The fraction of sp³-hybridized carbons (Fsp3) is 0.333. The maximum atomic E-state index is 12.1. The van der Waals surface area contributed by atoms with E-state index >= 15 is 0 Å². The first-order chi connectivity index (χ1) is 11.5. The Balaban J connectivity index is 1.96. The molecule has 0 heterocycles. The third-order valence-electron chi connectivity index (χ3n) is 3.49. The molecule has 6 heteroatoms. The molecule has 128 valence electrons. The predicted molar refractivity (Wildman–Crippen MR) is 101 cm³/mol. The molecule has 0 saturated carbocycles. The number of carbonyl (C=O) groups excluding carboxylic acids is 2. The normalized spacial score (nSPS) is 12.0. The van der Waals surface area contributed by atoms with Crippen molar-refractivity contribution in [3.05, 3.63) is 41.4 Å². The van der Waals surface area contributed by atoms with Crippen molar-refractivity contribution in [3.8, 4) is 0 Å². The molecule has 2 aromatic carbocycles. The van der Waals surface area contributed by atoms with Crippen LogP contribution < -0.4 is 10.6 Å². The van der Waals surface area contributed by atoms with Crippen LogP contribution in [0.1, 0.15) is 20.3 Å². The second-order valence-electron chi connectivity index (χ2n) is 5.46. The number of rotatable bonds is 7. The zero-order valence-electron chi connectivity index (χ0n) is 13.8. The molecule has 2 amide bonds. The molecule has 0 fully saturated rings. The summed E-state index contributed by atoms with van der Waals surface area (Å²) in [7, 11) is 0. The summed E-state index contributed by atoms with van der Waals surface area (Å²) in [6.45, 7) is 4.28. The largest absolute Gasteiger partial charge is 0.354 e. The van der Waals surface area contributed by atoms with Crippen LogP contribution in [0.15, 0.2) is 41.3 Å². The van der Waals surface area contributed by atoms with Gasteiger partial charge in [-0.25, -0.2) is 0 Å². The van der Waals surface area contributed by atoms with Gasteiger partial charge < -0.3 is 10.6 Å². The second-order valence-corrected chi connectivity index (χ2v) is 6.89. The van der Waals surface area contributed by atoms with Crippen molar-refractivity contribution in [2.75, 3.05) is 12.3 Å². The fourth-order valence-electron chi connectivity index (χ4n) is 2.28. The molecule has 0 aliphatic rings. The maximum absolute atomic E-state index is 12.1. The SMILES string of the molecule is CCCNC(=O)[C@H](C)NC(=O)CSc1cccc2cccc(Cl)c12. The number of amides is 2. The van der Waals surface area contributed by atoms with Gasteiger partial charge in [-0.3, -0.25) is 9.59 Å². The molecule has 0 aromatic heterocycles. The van der Waals surface area contributed by atoms with Crippen molar-refractivity contribution >= 4 is 45.9 Å². The van der Waals surface area contributed by atoms with Crippen molar-refractivity contribution in [3.63, 3.8) is 0 Å². The molecule has 24 heavy (non-hydrogen) atoms. The zero-order valence-corrected chi connectivity index (χ0v) is 15.3. The smallest absolute Gasteiger partial charge is 0.242 e. The maximum Gasteiger partial charge on any atom is 0.242 e. The first kappa shape index (κ1) is 18.6. The molecule has 0 unspecified atom stereocenters. The van der Waals surface area contributed by atoms with Gasteiger partial charge in [0.25, 0.3) is 0 Å². The third-order valence-corrected chi connectivity index (χ3v) is 4.87. The number of hydrogen-bond acceptors (Lipinski definition) is 3. The van der Waals surface area contributed by atoms with Crippen LogP contribution in [-0.2, 0) is 9.59 Å². The van der Waals surface area contributed by atoms with Crippen molar-refractivity contribution in [1.29, 1.82) is 0 Å². The van der Waals surface area contributed by atoms with E-state index in [9.17, 15) is 9.59 Å². The number of nitrogens with one attached hydrogen (secondary N) is 2. The molecule has 4 nitrogen and oxygen atoms in total. The molecule has 0 bridgehead atoms. The number of thioether (sulfide) groups is 1. The van der Waals surface area contributed by atoms with Gasteiger partial charge in [-0.1, -0.05) is 42.8 Å². The summed E-state index contributed by atoms with van der Waals surface area (Å²) in [5.41, 5.74) is 0. The highest BCUT2D eigenvalue weighted by Gasteiger charge is 2.15. The van der Waals surface area contributed by atoms with Crippen molar-refractivity contribution in [1.82, 2.24) is 10.6 Å². The Morgan fingerprint density at radius 2 is 1.92 bits per heavy atom. The Hall–Kier alpha value is -1.72. The lowest BCUT2D eigenvalue weighted by Crippen LogP contribution is -2.45. The van der Waals surface area contributed by atoms with E-state index in [4.69, 9.17) is 11.6 Å². The van der Waals surface area contributed by atoms with E-state index in [1.54, 1.807) is 6.92 Å². The molecule has 2 aromatic rings. The van der Waals surface area contributed by atoms with E-state index in [0.717, 1.165) is 22.1 Å². The van der Waals surface area contributed by atoms with Gasteiger partial charge in [0.2, 0.25) is 11.8 Å². The fourth-order valence-corrected chi connectivity index (χ4v) is 3.53. The van der Waals surface area contributed by atoms with Gasteiger partial charge in [0.05, 0.1) is 5.75 Å². The van der Waals surface area contributed by atoms with Gasteiger partial charge in [0, 0.05) is 21.8 Å². The van der Waals surface area contributed by atoms with Crippen LogP contribution >= 0.6 is 23.4 Å². The zero-order chi connectivity index (χ0) is 17.5. The number of halogens is 1. The van der Waals surface area contributed by atoms with Gasteiger partial charge in [-0.15, -0.1) is 11.8 Å². The highest BCUT2D eigenvalue weighted by atomic mass is 35.5. The number of hydrogen-bond donors (Lipinski definition) is 2. The van der Waals surface area contributed by atoms with E-state index < -0.39 is 6.04 Å². The summed E-state index contributed by atoms with van der Waals surface area (Å²) >= 11 is 7.70. The summed E-state index contributed by atoms with van der Waals surface area (Å²) in [4.78, 5) is 24.8. The van der Waals surface area contributed by atoms with Gasteiger partial charge in [-0.2, -0.15) is 0 Å². The first-order valence-corrected chi connectivity index (χ1v) is 9.26. The minimum Gasteiger partial charge on any atom is -0.354 e. The van der Waals surface area contributed by atoms with E-state index in [2.05, 4.69) is 10.6 Å². The van der Waals surface area contributed by atoms with Gasteiger partial charge >= 0.3 is 0 Å². The summed E-state index contributed by atoms with van der Waals surface area (Å²) in [6, 6.07) is 11.1. The summed E-state index contributed by atoms with van der Waals surface area (Å²) < 4.78 is 0. The number of carbonyl (C=O) groups is 2. The highest BCUT2D eigenvalue weighted by Crippen LogP contribution is 2.33. The topological polar surface area (TPSA) is 58.2 Å². The lowest BCUT2D eigenvalue weighted by molar-refractivity contribution is -0.127. The van der Waals surface area contributed by atoms with Gasteiger partial charge in [0.1, 0.15) is 6.04 Å². The Morgan fingerprint density at radius 1 is 1.21 bits per heavy atom. The van der Waals surface area contributed by atoms with Crippen LogP contribution in [-0.4, -0.2) is 30.2 Å². The van der Waals surface area contributed by atoms with Gasteiger partial charge in [0.15, 0.2) is 0 Å². The molecule has 0 aliphatic carbocycles. The monoisotopic (exact) mass is 364 g/mol. The molecule has 0 aliphatic heterocycles. The number of fused-ring (bicyclic) bond motifs is 1. The van der Waals surface area contributed by atoms with E-state index in [1.165, 1.54) is 11.8 Å². The first-order valence-electron chi connectivity index (χ1n) is 7.90. The molecule has 0 saturated heterocycles. The van der Waals surface area contributed by atoms with Gasteiger partial charge in [-0.05, 0) is 30.9 Å². The van der Waals surface area contributed by atoms with Crippen LogP contribution in [0.25, 0.3) is 10.8 Å². The van der Waals surface area contributed by atoms with Crippen molar-refractivity contribution < 1.29 is 9.59 Å². The van der Waals surface area contributed by atoms with E-state index in [-0.39, 0.29) is 17.6 Å². The average Bonchev–Trinajstić information content (AvgIpc) is 2.57. The Labute approximate surface area is 151 Å². The molecule has 1 atom stereocenters. The summed E-state index contributed by atoms with van der Waals surface area (Å²) in [5.74, 6) is -0.109. The number of benzene rings is 2. The predicted octanol–water partition coefficient (Wildman–Crippen LogP) is 3.62. The molecular weight excluding hydrogens is 344 g/mol. The van der Waals surface area contributed by atoms with Crippen LogP contribution in [0.5, 0.6) is 0 Å². The van der Waals surface area contributed by atoms with Crippen molar-refractivity contribution in [2.45, 2.75) is 31.2 Å². The minimum atomic E-state index is -0.541. The summed E-state index contributed by atoms with van der Waals surface area (Å²) in [6.07, 6.45) is 0.865. The van der Waals surface area contributed by atoms with Crippen LogP contribution in [0.3, 0.4) is 0 Å². The third kappa shape index (κ3) is 4.89. The van der Waals surface area contributed by atoms with Crippen LogP contribution in [0.2, 0.25) is 5.02 Å². The average molecular weight is 365 g/mol. The molecule has 0 spiro atoms. The Bertz CT molecular complexity index is 731.